The molecule has 0 spiro atoms. The zero-order valence-electron chi connectivity index (χ0n) is 22.1. The third-order valence-electron chi connectivity index (χ3n) is 6.15. The molecular formula is C29H33F4NO4S. The third-order valence-corrected chi connectivity index (χ3v) is 7.27. The average Bonchev–Trinajstić information content (AvgIpc) is 2.83. The summed E-state index contributed by atoms with van der Waals surface area (Å²) in [5.41, 5.74) is -1.13. The molecule has 212 valence electrons. The second-order valence-corrected chi connectivity index (χ2v) is 12.0. The van der Waals surface area contributed by atoms with Gasteiger partial charge in [0.1, 0.15) is 11.6 Å². The number of aliphatic hydroxyl groups is 1. The van der Waals surface area contributed by atoms with Crippen LogP contribution in [-0.4, -0.2) is 44.4 Å². The summed E-state index contributed by atoms with van der Waals surface area (Å²) in [7, 11) is -3.86. The van der Waals surface area contributed by atoms with Crippen molar-refractivity contribution in [1.82, 2.24) is 4.90 Å². The Morgan fingerprint density at radius 3 is 2.21 bits per heavy atom. The molecule has 0 saturated carbocycles. The van der Waals surface area contributed by atoms with Crippen LogP contribution >= 0.6 is 0 Å². The fourth-order valence-corrected chi connectivity index (χ4v) is 5.36. The van der Waals surface area contributed by atoms with Crippen molar-refractivity contribution in [3.05, 3.63) is 94.8 Å². The Morgan fingerprint density at radius 1 is 0.923 bits per heavy atom. The number of benzene rings is 3. The summed E-state index contributed by atoms with van der Waals surface area (Å²) in [6.45, 7) is 4.09. The number of ether oxygens (including phenoxy) is 1. The van der Waals surface area contributed by atoms with E-state index in [0.29, 0.717) is 38.0 Å². The predicted molar refractivity (Wildman–Crippen MR) is 142 cm³/mol. The molecule has 0 bridgehead atoms. The molecule has 0 atom stereocenters. The van der Waals surface area contributed by atoms with Crippen molar-refractivity contribution in [2.75, 3.05) is 26.0 Å². The summed E-state index contributed by atoms with van der Waals surface area (Å²) in [5.74, 6) is -0.885. The fraction of sp³-hybridized carbons (Fsp3) is 0.379. The molecule has 3 rings (SSSR count). The Balaban J connectivity index is 1.71. The third kappa shape index (κ3) is 9.05. The first kappa shape index (κ1) is 30.6. The molecule has 0 aliphatic carbocycles. The highest BCUT2D eigenvalue weighted by molar-refractivity contribution is 7.90. The lowest BCUT2D eigenvalue weighted by atomic mass is 9.97. The highest BCUT2D eigenvalue weighted by Gasteiger charge is 2.31. The van der Waals surface area contributed by atoms with Crippen LogP contribution < -0.4 is 4.74 Å². The Hall–Kier alpha value is -2.95. The Bertz CT molecular complexity index is 1350. The van der Waals surface area contributed by atoms with Crippen molar-refractivity contribution in [2.45, 2.75) is 49.9 Å². The van der Waals surface area contributed by atoms with Gasteiger partial charge in [-0.25, -0.2) is 12.8 Å². The molecule has 0 radical (unpaired) electrons. The van der Waals surface area contributed by atoms with E-state index >= 15 is 0 Å². The zero-order valence-corrected chi connectivity index (χ0v) is 22.9. The van der Waals surface area contributed by atoms with Gasteiger partial charge in [0.05, 0.1) is 22.7 Å². The minimum atomic E-state index is -4.43. The second-order valence-electron chi connectivity index (χ2n) is 10.0. The molecular weight excluding hydrogens is 534 g/mol. The number of nitrogens with zero attached hydrogens (tertiary/aromatic N) is 1. The number of halogens is 4. The molecule has 0 fully saturated rings. The van der Waals surface area contributed by atoms with E-state index in [9.17, 15) is 31.1 Å². The smallest absolute Gasteiger partial charge is 0.416 e. The number of rotatable bonds is 12. The molecule has 0 unspecified atom stereocenters. The van der Waals surface area contributed by atoms with Crippen LogP contribution in [0.1, 0.15) is 42.5 Å². The lowest BCUT2D eigenvalue weighted by Crippen LogP contribution is -2.28. The molecule has 0 aliphatic rings. The van der Waals surface area contributed by atoms with Crippen molar-refractivity contribution in [3.8, 4) is 5.75 Å². The molecule has 3 aromatic carbocycles. The molecule has 0 heterocycles. The van der Waals surface area contributed by atoms with Crippen LogP contribution in [0, 0.1) is 5.82 Å². The van der Waals surface area contributed by atoms with Crippen molar-refractivity contribution in [3.63, 3.8) is 0 Å². The van der Waals surface area contributed by atoms with Gasteiger partial charge < -0.3 is 9.84 Å². The Labute approximate surface area is 227 Å². The molecule has 0 amide bonds. The summed E-state index contributed by atoms with van der Waals surface area (Å²) >= 11 is 0. The zero-order chi connectivity index (χ0) is 28.8. The Kier molecular flexibility index (Phi) is 9.79. The van der Waals surface area contributed by atoms with Gasteiger partial charge in [-0.2, -0.15) is 13.2 Å². The van der Waals surface area contributed by atoms with Crippen LogP contribution in [0.15, 0.2) is 71.6 Å². The van der Waals surface area contributed by atoms with E-state index in [1.807, 2.05) is 35.2 Å². The van der Waals surface area contributed by atoms with E-state index in [-0.39, 0.29) is 22.8 Å². The van der Waals surface area contributed by atoms with Gasteiger partial charge in [-0.15, -0.1) is 0 Å². The Morgan fingerprint density at radius 2 is 1.59 bits per heavy atom. The maximum Gasteiger partial charge on any atom is 0.416 e. The predicted octanol–water partition coefficient (Wildman–Crippen LogP) is 5.99. The lowest BCUT2D eigenvalue weighted by Gasteiger charge is -2.24. The molecule has 0 aromatic heterocycles. The molecule has 10 heteroatoms. The van der Waals surface area contributed by atoms with Gasteiger partial charge in [-0.05, 0) is 49.9 Å². The lowest BCUT2D eigenvalue weighted by molar-refractivity contribution is -0.137. The van der Waals surface area contributed by atoms with E-state index in [0.717, 1.165) is 30.0 Å². The first-order valence-electron chi connectivity index (χ1n) is 12.5. The summed E-state index contributed by atoms with van der Waals surface area (Å²) in [5, 5.41) is 10.3. The molecule has 3 aromatic rings. The molecule has 0 aliphatic heterocycles. The molecule has 1 N–H and O–H groups in total. The van der Waals surface area contributed by atoms with Gasteiger partial charge >= 0.3 is 6.18 Å². The average molecular weight is 568 g/mol. The number of alkyl halides is 3. The quantitative estimate of drug-likeness (QED) is 0.215. The first-order chi connectivity index (χ1) is 18.1. The van der Waals surface area contributed by atoms with Gasteiger partial charge in [0.2, 0.25) is 0 Å². The standard InChI is InChI=1S/C29H33F4NO4S/c1-28(2,35)27-25(30)18-24(19-26(27)39(3,36)37)38-16-8-14-34(15-13-21-9-5-4-6-10-21)20-22-11-7-12-23(17-22)29(31,32)33/h4-7,9-12,17-19,35H,8,13-16,20H2,1-3H3. The van der Waals surface area contributed by atoms with Crippen molar-refractivity contribution >= 4 is 9.84 Å². The summed E-state index contributed by atoms with van der Waals surface area (Å²) in [4.78, 5) is 1.67. The van der Waals surface area contributed by atoms with Crippen LogP contribution in [0.2, 0.25) is 0 Å². The number of hydrogen-bond donors (Lipinski definition) is 1. The van der Waals surface area contributed by atoms with Gasteiger partial charge in [0.15, 0.2) is 9.84 Å². The summed E-state index contributed by atoms with van der Waals surface area (Å²) in [6, 6.07) is 17.2. The highest BCUT2D eigenvalue weighted by Crippen LogP contribution is 2.33. The van der Waals surface area contributed by atoms with E-state index in [1.54, 1.807) is 6.07 Å². The fourth-order valence-electron chi connectivity index (χ4n) is 4.31. The van der Waals surface area contributed by atoms with E-state index in [4.69, 9.17) is 4.74 Å². The maximum atomic E-state index is 14.8. The van der Waals surface area contributed by atoms with Gasteiger partial charge in [0.25, 0.3) is 0 Å². The molecule has 0 saturated heterocycles. The van der Waals surface area contributed by atoms with E-state index in [1.165, 1.54) is 26.0 Å². The normalized spacial score (nSPS) is 12.6. The van der Waals surface area contributed by atoms with Crippen molar-refractivity contribution in [2.24, 2.45) is 0 Å². The monoisotopic (exact) mass is 567 g/mol. The van der Waals surface area contributed by atoms with Gasteiger partial charge in [0, 0.05) is 37.5 Å². The van der Waals surface area contributed by atoms with Gasteiger partial charge in [-0.1, -0.05) is 48.5 Å². The van der Waals surface area contributed by atoms with Crippen LogP contribution in [0.25, 0.3) is 0 Å². The van der Waals surface area contributed by atoms with E-state index in [2.05, 4.69) is 0 Å². The first-order valence-corrected chi connectivity index (χ1v) is 14.4. The van der Waals surface area contributed by atoms with Crippen molar-refractivity contribution < 1.29 is 35.8 Å². The highest BCUT2D eigenvalue weighted by atomic mass is 32.2. The molecule has 39 heavy (non-hydrogen) atoms. The second kappa shape index (κ2) is 12.5. The summed E-state index contributed by atoms with van der Waals surface area (Å²) in [6.07, 6.45) is -2.35. The van der Waals surface area contributed by atoms with Gasteiger partial charge in [-0.3, -0.25) is 4.90 Å². The number of sulfone groups is 1. The van der Waals surface area contributed by atoms with Crippen LogP contribution in [-0.2, 0) is 34.6 Å². The largest absolute Gasteiger partial charge is 0.493 e. The maximum absolute atomic E-state index is 14.8. The SMILES string of the molecule is CC(C)(O)c1c(F)cc(OCCCN(CCc2ccccc2)Cc2cccc(C(F)(F)F)c2)cc1S(C)(=O)=O. The summed E-state index contributed by atoms with van der Waals surface area (Å²) < 4.78 is 84.6. The number of hydrogen-bond acceptors (Lipinski definition) is 5. The minimum Gasteiger partial charge on any atom is -0.493 e. The topological polar surface area (TPSA) is 66.8 Å². The van der Waals surface area contributed by atoms with E-state index < -0.39 is 33.0 Å². The minimum absolute atomic E-state index is 0.00892. The molecule has 5 nitrogen and oxygen atoms in total. The van der Waals surface area contributed by atoms with Crippen LogP contribution in [0.4, 0.5) is 17.6 Å². The van der Waals surface area contributed by atoms with Crippen molar-refractivity contribution in [1.29, 1.82) is 0 Å². The van der Waals surface area contributed by atoms with Crippen LogP contribution in [0.3, 0.4) is 0 Å². The van der Waals surface area contributed by atoms with Crippen LogP contribution in [0.5, 0.6) is 5.75 Å².